The third-order valence-electron chi connectivity index (χ3n) is 1.76. The molecule has 0 heterocycles. The van der Waals surface area contributed by atoms with Crippen LogP contribution in [0.4, 0.5) is 0 Å². The van der Waals surface area contributed by atoms with Crippen LogP contribution in [0.1, 0.15) is 12.5 Å². The summed E-state index contributed by atoms with van der Waals surface area (Å²) in [4.78, 5) is 0. The maximum atomic E-state index is 5.48. The van der Waals surface area contributed by atoms with Crippen molar-refractivity contribution in [2.24, 2.45) is 0 Å². The molecule has 0 aliphatic heterocycles. The van der Waals surface area contributed by atoms with Gasteiger partial charge in [0.25, 0.3) is 0 Å². The van der Waals surface area contributed by atoms with Crippen LogP contribution < -0.4 is 0 Å². The molecule has 3 heteroatoms. The number of ether oxygens (including phenoxy) is 2. The molecule has 2 nitrogen and oxygen atoms in total. The predicted octanol–water partition coefficient (Wildman–Crippen LogP) is 2.80. The van der Waals surface area contributed by atoms with Crippen LogP contribution in [-0.2, 0) is 16.1 Å². The number of benzene rings is 1. The van der Waals surface area contributed by atoms with Gasteiger partial charge in [-0.25, -0.2) is 0 Å². The normalized spacial score (nSPS) is 12.7. The number of halogens is 1. The number of hydrogen-bond acceptors (Lipinski definition) is 2. The maximum Gasteiger partial charge on any atom is 0.155 e. The lowest BCUT2D eigenvalue weighted by Gasteiger charge is -2.12. The highest BCUT2D eigenvalue weighted by Crippen LogP contribution is 2.03. The Bertz CT molecular complexity index is 238. The summed E-state index contributed by atoms with van der Waals surface area (Å²) in [6, 6.07) is 10.0. The fraction of sp³-hybridized carbons (Fsp3) is 0.455. The Kier molecular flexibility index (Phi) is 5.60. The van der Waals surface area contributed by atoms with Crippen LogP contribution in [-0.4, -0.2) is 18.8 Å². The summed E-state index contributed by atoms with van der Waals surface area (Å²) in [5.74, 6) is 0.499. The molecule has 0 aromatic heterocycles. The Morgan fingerprint density at radius 1 is 1.21 bits per heavy atom. The second-order valence-electron chi connectivity index (χ2n) is 2.92. The van der Waals surface area contributed by atoms with E-state index in [0.717, 1.165) is 5.56 Å². The van der Waals surface area contributed by atoms with Crippen molar-refractivity contribution in [2.75, 3.05) is 12.5 Å². The molecule has 0 amide bonds. The van der Waals surface area contributed by atoms with Crippen LogP contribution in [0.5, 0.6) is 0 Å². The molecule has 0 radical (unpaired) electrons. The van der Waals surface area contributed by atoms with Crippen molar-refractivity contribution in [3.8, 4) is 0 Å². The van der Waals surface area contributed by atoms with Gasteiger partial charge in [-0.05, 0) is 12.5 Å². The van der Waals surface area contributed by atoms with Crippen molar-refractivity contribution >= 4 is 11.6 Å². The van der Waals surface area contributed by atoms with E-state index >= 15 is 0 Å². The van der Waals surface area contributed by atoms with Crippen molar-refractivity contribution in [3.63, 3.8) is 0 Å². The lowest BCUT2D eigenvalue weighted by atomic mass is 10.2. The Morgan fingerprint density at radius 2 is 1.93 bits per heavy atom. The highest BCUT2D eigenvalue weighted by Gasteiger charge is 2.01. The Morgan fingerprint density at radius 3 is 2.57 bits per heavy atom. The summed E-state index contributed by atoms with van der Waals surface area (Å²) >= 11 is 5.48. The molecule has 14 heavy (non-hydrogen) atoms. The van der Waals surface area contributed by atoms with Crippen molar-refractivity contribution in [1.82, 2.24) is 0 Å². The van der Waals surface area contributed by atoms with E-state index in [4.69, 9.17) is 21.1 Å². The third-order valence-corrected chi connectivity index (χ3v) is 1.91. The first-order valence-corrected chi connectivity index (χ1v) is 5.19. The molecule has 1 atom stereocenters. The van der Waals surface area contributed by atoms with Gasteiger partial charge < -0.3 is 9.47 Å². The van der Waals surface area contributed by atoms with E-state index in [9.17, 15) is 0 Å². The average molecular weight is 215 g/mol. The molecule has 0 spiro atoms. The minimum atomic E-state index is -0.200. The molecule has 0 saturated carbocycles. The van der Waals surface area contributed by atoms with E-state index in [-0.39, 0.29) is 6.29 Å². The summed E-state index contributed by atoms with van der Waals surface area (Å²) in [5, 5.41) is 0. The summed E-state index contributed by atoms with van der Waals surface area (Å²) in [7, 11) is 0. The standard InChI is InChI=1S/C11H15ClO2/c1-10(13-8-7-12)14-9-11-5-3-2-4-6-11/h2-6,10H,7-9H2,1H3. The Labute approximate surface area is 89.8 Å². The second-order valence-corrected chi connectivity index (χ2v) is 3.30. The zero-order valence-electron chi connectivity index (χ0n) is 8.28. The first kappa shape index (κ1) is 11.5. The number of rotatable bonds is 6. The van der Waals surface area contributed by atoms with Crippen LogP contribution in [0, 0.1) is 0 Å². The predicted molar refractivity (Wildman–Crippen MR) is 57.4 cm³/mol. The van der Waals surface area contributed by atoms with Crippen LogP contribution in [0.2, 0.25) is 0 Å². The van der Waals surface area contributed by atoms with E-state index in [0.29, 0.717) is 19.1 Å². The van der Waals surface area contributed by atoms with Gasteiger partial charge in [0.05, 0.1) is 13.2 Å². The minimum absolute atomic E-state index is 0.200. The van der Waals surface area contributed by atoms with Gasteiger partial charge in [-0.1, -0.05) is 30.3 Å². The van der Waals surface area contributed by atoms with Crippen molar-refractivity contribution in [3.05, 3.63) is 35.9 Å². The molecule has 0 aliphatic rings. The van der Waals surface area contributed by atoms with Crippen LogP contribution in [0.3, 0.4) is 0 Å². The van der Waals surface area contributed by atoms with Crippen molar-refractivity contribution in [2.45, 2.75) is 19.8 Å². The smallest absolute Gasteiger partial charge is 0.155 e. The van der Waals surface area contributed by atoms with Crippen LogP contribution >= 0.6 is 11.6 Å². The number of alkyl halides is 1. The number of hydrogen-bond donors (Lipinski definition) is 0. The maximum absolute atomic E-state index is 5.48. The first-order valence-electron chi connectivity index (χ1n) is 4.66. The van der Waals surface area contributed by atoms with E-state index in [1.165, 1.54) is 0 Å². The highest BCUT2D eigenvalue weighted by molar-refractivity contribution is 6.17. The second kappa shape index (κ2) is 6.82. The average Bonchev–Trinajstić information content (AvgIpc) is 2.25. The Hall–Kier alpha value is -0.570. The van der Waals surface area contributed by atoms with Gasteiger partial charge in [-0.15, -0.1) is 11.6 Å². The monoisotopic (exact) mass is 214 g/mol. The molecular formula is C11H15ClO2. The molecule has 0 N–H and O–H groups in total. The van der Waals surface area contributed by atoms with Gasteiger partial charge in [0, 0.05) is 5.88 Å². The van der Waals surface area contributed by atoms with E-state index in [2.05, 4.69) is 0 Å². The van der Waals surface area contributed by atoms with Gasteiger partial charge >= 0.3 is 0 Å². The SMILES string of the molecule is CC(OCCCl)OCc1ccccc1. The summed E-state index contributed by atoms with van der Waals surface area (Å²) < 4.78 is 10.7. The molecular weight excluding hydrogens is 200 g/mol. The fourth-order valence-electron chi connectivity index (χ4n) is 1.05. The van der Waals surface area contributed by atoms with E-state index in [1.54, 1.807) is 0 Å². The Balaban J connectivity index is 2.20. The summed E-state index contributed by atoms with van der Waals surface area (Å²) in [6.07, 6.45) is -0.200. The van der Waals surface area contributed by atoms with Gasteiger partial charge in [0.15, 0.2) is 6.29 Å². The summed E-state index contributed by atoms with van der Waals surface area (Å²) in [5.41, 5.74) is 1.15. The van der Waals surface area contributed by atoms with Crippen molar-refractivity contribution in [1.29, 1.82) is 0 Å². The molecule has 0 saturated heterocycles. The highest BCUT2D eigenvalue weighted by atomic mass is 35.5. The zero-order chi connectivity index (χ0) is 10.2. The van der Waals surface area contributed by atoms with Crippen LogP contribution in [0.25, 0.3) is 0 Å². The first-order chi connectivity index (χ1) is 6.83. The van der Waals surface area contributed by atoms with Gasteiger partial charge in [0.2, 0.25) is 0 Å². The molecule has 1 aromatic carbocycles. The molecule has 0 bridgehead atoms. The fourth-order valence-corrected chi connectivity index (χ4v) is 1.14. The molecule has 78 valence electrons. The minimum Gasteiger partial charge on any atom is -0.352 e. The molecule has 1 rings (SSSR count). The summed E-state index contributed by atoms with van der Waals surface area (Å²) in [6.45, 7) is 2.97. The molecule has 0 fully saturated rings. The van der Waals surface area contributed by atoms with Gasteiger partial charge in [-0.3, -0.25) is 0 Å². The third kappa shape index (κ3) is 4.61. The lowest BCUT2D eigenvalue weighted by Crippen LogP contribution is -2.14. The van der Waals surface area contributed by atoms with E-state index in [1.807, 2.05) is 37.3 Å². The van der Waals surface area contributed by atoms with Crippen LogP contribution in [0.15, 0.2) is 30.3 Å². The van der Waals surface area contributed by atoms with Gasteiger partial charge in [-0.2, -0.15) is 0 Å². The molecule has 1 aromatic rings. The van der Waals surface area contributed by atoms with Gasteiger partial charge in [0.1, 0.15) is 0 Å². The molecule has 0 aliphatic carbocycles. The zero-order valence-corrected chi connectivity index (χ0v) is 9.04. The lowest BCUT2D eigenvalue weighted by molar-refractivity contribution is -0.133. The quantitative estimate of drug-likeness (QED) is 0.536. The largest absolute Gasteiger partial charge is 0.352 e. The van der Waals surface area contributed by atoms with Crippen molar-refractivity contribution < 1.29 is 9.47 Å². The molecule has 1 unspecified atom stereocenters. The topological polar surface area (TPSA) is 18.5 Å². The van der Waals surface area contributed by atoms with E-state index < -0.39 is 0 Å².